The van der Waals surface area contributed by atoms with E-state index in [0.29, 0.717) is 12.5 Å². The first-order chi connectivity index (χ1) is 15.2. The number of anilines is 4. The number of benzene rings is 2. The zero-order valence-corrected chi connectivity index (χ0v) is 17.7. The van der Waals surface area contributed by atoms with Crippen LogP contribution in [0.15, 0.2) is 72.9 Å². The monoisotopic (exact) mass is 413 g/mol. The van der Waals surface area contributed by atoms with Crippen LogP contribution in [0.5, 0.6) is 0 Å². The number of nitrogens with one attached hydrogen (secondary N) is 2. The molecule has 2 aromatic heterocycles. The summed E-state index contributed by atoms with van der Waals surface area (Å²) >= 11 is 0. The third-order valence-electron chi connectivity index (χ3n) is 5.72. The molecule has 0 unspecified atom stereocenters. The van der Waals surface area contributed by atoms with E-state index in [0.717, 1.165) is 48.8 Å². The average Bonchev–Trinajstić information content (AvgIpc) is 3.22. The van der Waals surface area contributed by atoms with Gasteiger partial charge in [-0.1, -0.05) is 18.2 Å². The lowest BCUT2D eigenvalue weighted by molar-refractivity contribution is 0.313. The van der Waals surface area contributed by atoms with E-state index in [-0.39, 0.29) is 0 Å². The third-order valence-corrected chi connectivity index (χ3v) is 5.72. The molecule has 0 atom stereocenters. The molecule has 1 fully saturated rings. The predicted octanol–water partition coefficient (Wildman–Crippen LogP) is 3.84. The van der Waals surface area contributed by atoms with Gasteiger partial charge in [0, 0.05) is 43.2 Å². The first-order valence-corrected chi connectivity index (χ1v) is 10.7. The average molecular weight is 414 g/mol. The summed E-state index contributed by atoms with van der Waals surface area (Å²) in [6.45, 7) is 5.03. The second-order valence-corrected chi connectivity index (χ2v) is 7.92. The van der Waals surface area contributed by atoms with Gasteiger partial charge in [-0.2, -0.15) is 0 Å². The molecule has 0 radical (unpaired) electrons. The Hall–Kier alpha value is -3.58. The number of fused-ring (bicyclic) bond motifs is 1. The van der Waals surface area contributed by atoms with E-state index in [2.05, 4.69) is 74.9 Å². The van der Waals surface area contributed by atoms with E-state index in [1.165, 1.54) is 5.69 Å². The molecule has 3 heterocycles. The molecule has 0 spiro atoms. The van der Waals surface area contributed by atoms with Gasteiger partial charge in [0.1, 0.15) is 0 Å². The van der Waals surface area contributed by atoms with Gasteiger partial charge in [-0.3, -0.25) is 0 Å². The van der Waals surface area contributed by atoms with Crippen LogP contribution in [0.2, 0.25) is 0 Å². The zero-order chi connectivity index (χ0) is 21.0. The highest BCUT2D eigenvalue weighted by Crippen LogP contribution is 2.21. The maximum atomic E-state index is 4.70. The zero-order valence-electron chi connectivity index (χ0n) is 17.7. The molecular formula is C24H27N7. The van der Waals surface area contributed by atoms with E-state index in [9.17, 15) is 0 Å². The number of para-hydroxylation sites is 1. The Bertz CT molecular complexity index is 1130. The second-order valence-electron chi connectivity index (χ2n) is 7.92. The summed E-state index contributed by atoms with van der Waals surface area (Å²) in [5, 5.41) is 11.5. The molecule has 7 nitrogen and oxygen atoms in total. The second kappa shape index (κ2) is 8.65. The highest BCUT2D eigenvalue weighted by Gasteiger charge is 2.14. The summed E-state index contributed by atoms with van der Waals surface area (Å²) in [6, 6.07) is 22.8. The van der Waals surface area contributed by atoms with Crippen LogP contribution in [0.25, 0.3) is 5.52 Å². The molecule has 4 aromatic rings. The van der Waals surface area contributed by atoms with Gasteiger partial charge in [0.05, 0.1) is 24.0 Å². The van der Waals surface area contributed by atoms with Crippen LogP contribution < -0.4 is 15.5 Å². The van der Waals surface area contributed by atoms with Crippen molar-refractivity contribution in [2.45, 2.75) is 6.54 Å². The Morgan fingerprint density at radius 3 is 2.39 bits per heavy atom. The van der Waals surface area contributed by atoms with Crippen molar-refractivity contribution in [3.63, 3.8) is 0 Å². The highest BCUT2D eigenvalue weighted by atomic mass is 15.3. The van der Waals surface area contributed by atoms with Gasteiger partial charge in [-0.05, 0) is 55.6 Å². The fourth-order valence-corrected chi connectivity index (χ4v) is 3.85. The Balaban J connectivity index is 1.28. The van der Waals surface area contributed by atoms with E-state index in [1.807, 2.05) is 35.0 Å². The van der Waals surface area contributed by atoms with Crippen LogP contribution in [-0.4, -0.2) is 52.7 Å². The van der Waals surface area contributed by atoms with Crippen molar-refractivity contribution in [1.82, 2.24) is 19.5 Å². The first kappa shape index (κ1) is 19.4. The van der Waals surface area contributed by atoms with Gasteiger partial charge in [0.15, 0.2) is 0 Å². The van der Waals surface area contributed by atoms with Crippen LogP contribution in [0.3, 0.4) is 0 Å². The quantitative estimate of drug-likeness (QED) is 0.501. The summed E-state index contributed by atoms with van der Waals surface area (Å²) in [5.41, 5.74) is 5.38. The minimum Gasteiger partial charge on any atom is -0.379 e. The summed E-state index contributed by atoms with van der Waals surface area (Å²) < 4.78 is 1.93. The molecular weight excluding hydrogens is 386 g/mol. The van der Waals surface area contributed by atoms with Crippen LogP contribution in [0, 0.1) is 0 Å². The highest BCUT2D eigenvalue weighted by molar-refractivity contribution is 5.60. The van der Waals surface area contributed by atoms with Crippen molar-refractivity contribution < 1.29 is 0 Å². The lowest BCUT2D eigenvalue weighted by Gasteiger charge is -2.34. The topological polar surface area (TPSA) is 60.7 Å². The Kier molecular flexibility index (Phi) is 5.41. The van der Waals surface area contributed by atoms with Gasteiger partial charge < -0.3 is 20.4 Å². The SMILES string of the molecule is CN1CCN(c2ccc(Nc3ncc4ccc(CNc5ccccc5)n4n3)cc2)CC1. The molecule has 0 aliphatic carbocycles. The van der Waals surface area contributed by atoms with Crippen molar-refractivity contribution in [3.05, 3.63) is 78.6 Å². The minimum absolute atomic E-state index is 0.581. The molecule has 1 aliphatic rings. The van der Waals surface area contributed by atoms with E-state index in [4.69, 9.17) is 5.10 Å². The fraction of sp³-hybridized carbons (Fsp3) is 0.250. The maximum Gasteiger partial charge on any atom is 0.245 e. The van der Waals surface area contributed by atoms with Crippen molar-refractivity contribution in [2.24, 2.45) is 0 Å². The Morgan fingerprint density at radius 1 is 0.839 bits per heavy atom. The molecule has 0 amide bonds. The first-order valence-electron chi connectivity index (χ1n) is 10.7. The van der Waals surface area contributed by atoms with Gasteiger partial charge >= 0.3 is 0 Å². The molecule has 158 valence electrons. The predicted molar refractivity (Wildman–Crippen MR) is 126 cm³/mol. The van der Waals surface area contributed by atoms with Crippen molar-refractivity contribution in [3.8, 4) is 0 Å². The molecule has 31 heavy (non-hydrogen) atoms. The van der Waals surface area contributed by atoms with Crippen molar-refractivity contribution in [1.29, 1.82) is 0 Å². The van der Waals surface area contributed by atoms with Crippen LogP contribution in [0.4, 0.5) is 23.0 Å². The molecule has 5 rings (SSSR count). The lowest BCUT2D eigenvalue weighted by atomic mass is 10.2. The maximum absolute atomic E-state index is 4.70. The molecule has 7 heteroatoms. The van der Waals surface area contributed by atoms with Gasteiger partial charge in [-0.15, -0.1) is 5.10 Å². The van der Waals surface area contributed by atoms with E-state index >= 15 is 0 Å². The van der Waals surface area contributed by atoms with Crippen LogP contribution in [-0.2, 0) is 6.54 Å². The number of nitrogens with zero attached hydrogens (tertiary/aromatic N) is 5. The van der Waals surface area contributed by atoms with Gasteiger partial charge in [-0.25, -0.2) is 9.50 Å². The molecule has 2 aromatic carbocycles. The smallest absolute Gasteiger partial charge is 0.245 e. The number of rotatable bonds is 6. The standard InChI is InChI=1S/C24H27N7/c1-29-13-15-30(16-14-29)21-9-7-20(8-10-21)27-24-26-18-23-12-11-22(31(23)28-24)17-25-19-5-3-2-4-6-19/h2-12,18,25H,13-17H2,1H3,(H,27,28). The largest absolute Gasteiger partial charge is 0.379 e. The third kappa shape index (κ3) is 4.46. The number of hydrogen-bond acceptors (Lipinski definition) is 6. The number of aromatic nitrogens is 3. The van der Waals surface area contributed by atoms with Crippen LogP contribution in [0.1, 0.15) is 5.69 Å². The fourth-order valence-electron chi connectivity index (χ4n) is 3.85. The number of piperazine rings is 1. The summed E-state index contributed by atoms with van der Waals surface area (Å²) in [5.74, 6) is 0.581. The molecule has 1 saturated heterocycles. The van der Waals surface area contributed by atoms with Crippen LogP contribution >= 0.6 is 0 Å². The summed E-state index contributed by atoms with van der Waals surface area (Å²) in [6.07, 6.45) is 1.85. The summed E-state index contributed by atoms with van der Waals surface area (Å²) in [7, 11) is 2.18. The Labute approximate surface area is 182 Å². The molecule has 0 saturated carbocycles. The van der Waals surface area contributed by atoms with Gasteiger partial charge in [0.2, 0.25) is 5.95 Å². The molecule has 0 bridgehead atoms. The van der Waals surface area contributed by atoms with E-state index in [1.54, 1.807) is 0 Å². The lowest BCUT2D eigenvalue weighted by Crippen LogP contribution is -2.44. The normalized spacial score (nSPS) is 14.7. The summed E-state index contributed by atoms with van der Waals surface area (Å²) in [4.78, 5) is 9.27. The molecule has 1 aliphatic heterocycles. The van der Waals surface area contributed by atoms with Crippen molar-refractivity contribution in [2.75, 3.05) is 48.8 Å². The number of likely N-dealkylation sites (N-methyl/N-ethyl adjacent to an activating group) is 1. The van der Waals surface area contributed by atoms with E-state index < -0.39 is 0 Å². The number of hydrogen-bond donors (Lipinski definition) is 2. The minimum atomic E-state index is 0.581. The Morgan fingerprint density at radius 2 is 1.61 bits per heavy atom. The van der Waals surface area contributed by atoms with Gasteiger partial charge in [0.25, 0.3) is 0 Å². The van der Waals surface area contributed by atoms with Crippen molar-refractivity contribution >= 4 is 28.5 Å². The molecule has 2 N–H and O–H groups in total.